The van der Waals surface area contributed by atoms with E-state index in [-0.39, 0.29) is 11.9 Å². The number of anilines is 2. The van der Waals surface area contributed by atoms with Gasteiger partial charge < -0.3 is 11.1 Å². The van der Waals surface area contributed by atoms with Crippen molar-refractivity contribution >= 4 is 11.5 Å². The maximum Gasteiger partial charge on any atom is 0.161 e. The third-order valence-electron chi connectivity index (χ3n) is 4.38. The van der Waals surface area contributed by atoms with Crippen molar-refractivity contribution in [2.24, 2.45) is 5.73 Å². The van der Waals surface area contributed by atoms with Gasteiger partial charge in [0.1, 0.15) is 11.6 Å². The molecule has 1 aromatic carbocycles. The first-order chi connectivity index (χ1) is 12.2. The number of fused-ring (bicyclic) bond motifs is 1. The van der Waals surface area contributed by atoms with Crippen molar-refractivity contribution in [2.45, 2.75) is 25.3 Å². The fraction of sp³-hybridized carbons (Fsp3) is 0.211. The number of rotatable bonds is 3. The molecule has 3 N–H and O–H groups in total. The van der Waals surface area contributed by atoms with Crippen molar-refractivity contribution in [3.05, 3.63) is 65.9 Å². The van der Waals surface area contributed by atoms with Crippen LogP contribution in [0, 0.1) is 5.82 Å². The van der Waals surface area contributed by atoms with Gasteiger partial charge in [-0.2, -0.15) is 0 Å². The molecule has 2 heterocycles. The highest BCUT2D eigenvalue weighted by Crippen LogP contribution is 2.30. The first kappa shape index (κ1) is 15.7. The number of nitrogens with two attached hydrogens (primary N) is 1. The molecule has 126 valence electrons. The minimum Gasteiger partial charge on any atom is -0.337 e. The summed E-state index contributed by atoms with van der Waals surface area (Å²) in [7, 11) is 0. The van der Waals surface area contributed by atoms with E-state index in [1.807, 2.05) is 12.1 Å². The number of benzene rings is 1. The van der Waals surface area contributed by atoms with E-state index in [4.69, 9.17) is 10.7 Å². The Kier molecular flexibility index (Phi) is 4.11. The predicted molar refractivity (Wildman–Crippen MR) is 94.9 cm³/mol. The fourth-order valence-electron chi connectivity index (χ4n) is 3.06. The van der Waals surface area contributed by atoms with Crippen LogP contribution in [0.2, 0.25) is 0 Å². The Labute approximate surface area is 145 Å². The van der Waals surface area contributed by atoms with E-state index < -0.39 is 0 Å². The number of nitrogens with zero attached hydrogens (tertiary/aromatic N) is 3. The summed E-state index contributed by atoms with van der Waals surface area (Å²) in [6.07, 6.45) is 5.78. The molecule has 4 rings (SSSR count). The van der Waals surface area contributed by atoms with Crippen LogP contribution in [0.3, 0.4) is 0 Å². The maximum absolute atomic E-state index is 14.1. The molecule has 0 aliphatic heterocycles. The average Bonchev–Trinajstić information content (AvgIpc) is 2.64. The highest BCUT2D eigenvalue weighted by atomic mass is 19.1. The minimum atomic E-state index is -0.319. The van der Waals surface area contributed by atoms with E-state index in [0.29, 0.717) is 23.8 Å². The number of aromatic nitrogens is 3. The quantitative estimate of drug-likeness (QED) is 0.768. The molecule has 3 aromatic rings. The van der Waals surface area contributed by atoms with Crippen LogP contribution in [0.1, 0.15) is 17.7 Å². The molecule has 25 heavy (non-hydrogen) atoms. The largest absolute Gasteiger partial charge is 0.337 e. The lowest BCUT2D eigenvalue weighted by Crippen LogP contribution is -2.29. The van der Waals surface area contributed by atoms with Gasteiger partial charge in [0.2, 0.25) is 0 Å². The second-order valence-electron chi connectivity index (χ2n) is 6.16. The molecule has 5 nitrogen and oxygen atoms in total. The summed E-state index contributed by atoms with van der Waals surface area (Å²) in [5, 5.41) is 3.13. The first-order valence-corrected chi connectivity index (χ1v) is 8.28. The molecule has 6 heteroatoms. The average molecular weight is 335 g/mol. The normalized spacial score (nSPS) is 16.3. The third-order valence-corrected chi connectivity index (χ3v) is 4.38. The lowest BCUT2D eigenvalue weighted by atomic mass is 9.92. The fourth-order valence-corrected chi connectivity index (χ4v) is 3.06. The smallest absolute Gasteiger partial charge is 0.161 e. The van der Waals surface area contributed by atoms with Crippen LogP contribution in [0.25, 0.3) is 11.4 Å². The maximum atomic E-state index is 14.1. The summed E-state index contributed by atoms with van der Waals surface area (Å²) in [4.78, 5) is 13.4. The molecule has 0 spiro atoms. The molecule has 0 amide bonds. The minimum absolute atomic E-state index is 0.0732. The van der Waals surface area contributed by atoms with E-state index in [1.54, 1.807) is 30.6 Å². The zero-order valence-corrected chi connectivity index (χ0v) is 13.6. The Morgan fingerprint density at radius 2 is 1.88 bits per heavy atom. The van der Waals surface area contributed by atoms with E-state index in [0.717, 1.165) is 29.7 Å². The number of hydrogen-bond donors (Lipinski definition) is 2. The van der Waals surface area contributed by atoms with Gasteiger partial charge in [-0.3, -0.25) is 4.98 Å². The van der Waals surface area contributed by atoms with Crippen molar-refractivity contribution in [1.29, 1.82) is 0 Å². The number of halogens is 1. The van der Waals surface area contributed by atoms with E-state index in [1.165, 1.54) is 6.07 Å². The number of para-hydroxylation sites is 1. The molecule has 0 radical (unpaired) electrons. The molecule has 1 unspecified atom stereocenters. The second kappa shape index (κ2) is 6.57. The van der Waals surface area contributed by atoms with Gasteiger partial charge in [0.25, 0.3) is 0 Å². The molecule has 2 aromatic heterocycles. The van der Waals surface area contributed by atoms with Crippen molar-refractivity contribution in [3.8, 4) is 11.4 Å². The highest BCUT2D eigenvalue weighted by Gasteiger charge is 2.23. The van der Waals surface area contributed by atoms with Gasteiger partial charge >= 0.3 is 0 Å². The molecule has 0 fully saturated rings. The second-order valence-corrected chi connectivity index (χ2v) is 6.16. The molecule has 1 aliphatic rings. The lowest BCUT2D eigenvalue weighted by Gasteiger charge is -2.24. The van der Waals surface area contributed by atoms with Crippen LogP contribution in [0.15, 0.2) is 48.8 Å². The van der Waals surface area contributed by atoms with Crippen molar-refractivity contribution < 1.29 is 4.39 Å². The van der Waals surface area contributed by atoms with E-state index in [9.17, 15) is 4.39 Å². The van der Waals surface area contributed by atoms with Gasteiger partial charge in [-0.1, -0.05) is 12.1 Å². The summed E-state index contributed by atoms with van der Waals surface area (Å²) in [5.41, 5.74) is 9.34. The Morgan fingerprint density at radius 3 is 2.68 bits per heavy atom. The molecular formula is C19H18FN5. The third kappa shape index (κ3) is 3.21. The van der Waals surface area contributed by atoms with Crippen LogP contribution in [0.4, 0.5) is 15.9 Å². The number of aryl methyl sites for hydroxylation is 1. The molecular weight excluding hydrogens is 317 g/mol. The summed E-state index contributed by atoms with van der Waals surface area (Å²) >= 11 is 0. The predicted octanol–water partition coefficient (Wildman–Crippen LogP) is 3.24. The van der Waals surface area contributed by atoms with Gasteiger partial charge in [0, 0.05) is 35.3 Å². The monoisotopic (exact) mass is 335 g/mol. The van der Waals surface area contributed by atoms with Crippen LogP contribution in [0.5, 0.6) is 0 Å². The van der Waals surface area contributed by atoms with Gasteiger partial charge in [0.05, 0.1) is 5.69 Å². The van der Waals surface area contributed by atoms with Gasteiger partial charge in [-0.15, -0.1) is 0 Å². The Balaban J connectivity index is 1.82. The lowest BCUT2D eigenvalue weighted by molar-refractivity contribution is 0.565. The van der Waals surface area contributed by atoms with Gasteiger partial charge in [-0.25, -0.2) is 14.4 Å². The summed E-state index contributed by atoms with van der Waals surface area (Å²) < 4.78 is 14.1. The SMILES string of the molecule is NC1CCc2nc(-c3ccncc3)nc(Nc3ccccc3F)c2C1. The highest BCUT2D eigenvalue weighted by molar-refractivity contribution is 5.65. The zero-order chi connectivity index (χ0) is 17.2. The topological polar surface area (TPSA) is 76.7 Å². The first-order valence-electron chi connectivity index (χ1n) is 8.28. The zero-order valence-electron chi connectivity index (χ0n) is 13.6. The molecule has 1 atom stereocenters. The molecule has 0 saturated carbocycles. The van der Waals surface area contributed by atoms with Gasteiger partial charge in [0.15, 0.2) is 5.82 Å². The van der Waals surface area contributed by atoms with Crippen LogP contribution in [-0.2, 0) is 12.8 Å². The van der Waals surface area contributed by atoms with Crippen LogP contribution < -0.4 is 11.1 Å². The molecule has 0 bridgehead atoms. The summed E-state index contributed by atoms with van der Waals surface area (Å²) in [6, 6.07) is 10.4. The number of nitrogens with one attached hydrogen (secondary N) is 1. The number of pyridine rings is 1. The van der Waals surface area contributed by atoms with E-state index >= 15 is 0 Å². The van der Waals surface area contributed by atoms with E-state index in [2.05, 4.69) is 15.3 Å². The van der Waals surface area contributed by atoms with Crippen molar-refractivity contribution in [3.63, 3.8) is 0 Å². The van der Waals surface area contributed by atoms with Crippen LogP contribution >= 0.6 is 0 Å². The molecule has 1 aliphatic carbocycles. The Bertz CT molecular complexity index is 898. The summed E-state index contributed by atoms with van der Waals surface area (Å²) in [6.45, 7) is 0. The summed E-state index contributed by atoms with van der Waals surface area (Å²) in [5.74, 6) is 0.910. The standard InChI is InChI=1S/C19H18FN5/c20-15-3-1-2-4-17(15)24-19-14-11-13(21)5-6-16(14)23-18(25-19)12-7-9-22-10-8-12/h1-4,7-10,13H,5-6,11,21H2,(H,23,24,25). The van der Waals surface area contributed by atoms with Crippen LogP contribution in [-0.4, -0.2) is 21.0 Å². The van der Waals surface area contributed by atoms with Gasteiger partial charge in [-0.05, 0) is 43.5 Å². The van der Waals surface area contributed by atoms with Crippen molar-refractivity contribution in [1.82, 2.24) is 15.0 Å². The Hall–Kier alpha value is -2.86. The molecule has 0 saturated heterocycles. The van der Waals surface area contributed by atoms with Crippen molar-refractivity contribution in [2.75, 3.05) is 5.32 Å². The Morgan fingerprint density at radius 1 is 1.08 bits per heavy atom. The number of hydrogen-bond acceptors (Lipinski definition) is 5.